The molecular weight excluding hydrogens is 442 g/mol. The highest BCUT2D eigenvalue weighted by atomic mass is 32.1. The fourth-order valence-corrected chi connectivity index (χ4v) is 5.32. The summed E-state index contributed by atoms with van der Waals surface area (Å²) in [5.41, 5.74) is 3.41. The lowest BCUT2D eigenvalue weighted by Gasteiger charge is -2.32. The van der Waals surface area contributed by atoms with E-state index in [1.165, 1.54) is 39.1 Å². The Morgan fingerprint density at radius 3 is 2.78 bits per heavy atom. The molecular formula is C23H23N5O2S2. The van der Waals surface area contributed by atoms with E-state index in [4.69, 9.17) is 0 Å². The number of para-hydroxylation sites is 1. The number of aromatic amines is 1. The standard InChI is InChI=1S/C23H23N5O2S2/c29-21(15-7-10-31-13-15)27-23-26-20(14-32-23)22(30)25-17-5-8-28(9-6-17)12-16-11-24-19-4-2-1-3-18(16)19/h1-4,7,10-11,13-14,17,24H,5-6,8-9,12H2,(H,25,30)(H,26,27,29). The molecule has 3 aromatic heterocycles. The van der Waals surface area contributed by atoms with Gasteiger partial charge in [-0.25, -0.2) is 4.98 Å². The van der Waals surface area contributed by atoms with Gasteiger partial charge in [0.2, 0.25) is 0 Å². The Labute approximate surface area is 193 Å². The SMILES string of the molecule is O=C(Nc1nc(C(=O)NC2CCN(Cc3c[nH]c4ccccc34)CC2)cs1)c1ccsc1. The van der Waals surface area contributed by atoms with Gasteiger partial charge in [0.15, 0.2) is 5.13 Å². The number of carbonyl (C=O) groups is 2. The number of amides is 2. The van der Waals surface area contributed by atoms with Crippen LogP contribution in [-0.2, 0) is 6.54 Å². The number of aromatic nitrogens is 2. The van der Waals surface area contributed by atoms with Crippen LogP contribution in [0.25, 0.3) is 10.9 Å². The third kappa shape index (κ3) is 4.59. The van der Waals surface area contributed by atoms with E-state index < -0.39 is 0 Å². The average molecular weight is 466 g/mol. The molecule has 0 atom stereocenters. The zero-order valence-electron chi connectivity index (χ0n) is 17.3. The minimum absolute atomic E-state index is 0.132. The molecule has 164 valence electrons. The van der Waals surface area contributed by atoms with Gasteiger partial charge in [0.1, 0.15) is 5.69 Å². The van der Waals surface area contributed by atoms with Crippen molar-refractivity contribution in [2.24, 2.45) is 0 Å². The minimum atomic E-state index is -0.213. The van der Waals surface area contributed by atoms with Gasteiger partial charge < -0.3 is 10.3 Å². The highest BCUT2D eigenvalue weighted by molar-refractivity contribution is 7.14. The smallest absolute Gasteiger partial charge is 0.271 e. The number of likely N-dealkylation sites (tertiary alicyclic amines) is 1. The predicted molar refractivity (Wildman–Crippen MR) is 128 cm³/mol. The normalized spacial score (nSPS) is 15.1. The molecule has 3 N–H and O–H groups in total. The van der Waals surface area contributed by atoms with Gasteiger partial charge in [-0.15, -0.1) is 11.3 Å². The molecule has 2 amide bonds. The number of H-pyrrole nitrogens is 1. The Morgan fingerprint density at radius 2 is 1.97 bits per heavy atom. The molecule has 1 saturated heterocycles. The van der Waals surface area contributed by atoms with Crippen LogP contribution >= 0.6 is 22.7 Å². The molecule has 0 radical (unpaired) electrons. The number of rotatable bonds is 6. The highest BCUT2D eigenvalue weighted by Gasteiger charge is 2.23. The first kappa shape index (κ1) is 20.9. The van der Waals surface area contributed by atoms with Gasteiger partial charge >= 0.3 is 0 Å². The monoisotopic (exact) mass is 465 g/mol. The van der Waals surface area contributed by atoms with E-state index in [0.29, 0.717) is 16.4 Å². The van der Waals surface area contributed by atoms with E-state index in [9.17, 15) is 9.59 Å². The maximum Gasteiger partial charge on any atom is 0.271 e. The molecule has 4 aromatic rings. The lowest BCUT2D eigenvalue weighted by molar-refractivity contribution is 0.0904. The van der Waals surface area contributed by atoms with Crippen molar-refractivity contribution in [3.05, 3.63) is 69.5 Å². The second-order valence-electron chi connectivity index (χ2n) is 7.89. The summed E-state index contributed by atoms with van der Waals surface area (Å²) in [4.78, 5) is 34.8. The third-order valence-corrected chi connectivity index (χ3v) is 7.17. The van der Waals surface area contributed by atoms with Crippen molar-refractivity contribution < 1.29 is 9.59 Å². The third-order valence-electron chi connectivity index (χ3n) is 5.73. The molecule has 1 aliphatic heterocycles. The zero-order valence-corrected chi connectivity index (χ0v) is 19.0. The fourth-order valence-electron chi connectivity index (χ4n) is 4.00. The second kappa shape index (κ2) is 9.23. The first-order valence-electron chi connectivity index (χ1n) is 10.5. The Bertz CT molecular complexity index is 1220. The Morgan fingerprint density at radius 1 is 1.12 bits per heavy atom. The minimum Gasteiger partial charge on any atom is -0.361 e. The molecule has 0 spiro atoms. The second-order valence-corrected chi connectivity index (χ2v) is 9.53. The molecule has 0 unspecified atom stereocenters. The number of carbonyl (C=O) groups excluding carboxylic acids is 2. The number of fused-ring (bicyclic) bond motifs is 1. The highest BCUT2D eigenvalue weighted by Crippen LogP contribution is 2.22. The van der Waals surface area contributed by atoms with Crippen molar-refractivity contribution in [1.82, 2.24) is 20.2 Å². The number of nitrogens with zero attached hydrogens (tertiary/aromatic N) is 2. The van der Waals surface area contributed by atoms with Crippen LogP contribution in [0.15, 0.2) is 52.7 Å². The largest absolute Gasteiger partial charge is 0.361 e. The van der Waals surface area contributed by atoms with Crippen molar-refractivity contribution in [3.63, 3.8) is 0 Å². The summed E-state index contributed by atoms with van der Waals surface area (Å²) >= 11 is 2.72. The van der Waals surface area contributed by atoms with Gasteiger partial charge in [-0.3, -0.25) is 19.8 Å². The summed E-state index contributed by atoms with van der Waals surface area (Å²) in [6.45, 7) is 2.77. The Hall–Kier alpha value is -3.01. The van der Waals surface area contributed by atoms with Crippen LogP contribution in [0.3, 0.4) is 0 Å². The summed E-state index contributed by atoms with van der Waals surface area (Å²) in [5.74, 6) is -0.400. The van der Waals surface area contributed by atoms with Crippen molar-refractivity contribution in [2.75, 3.05) is 18.4 Å². The lowest BCUT2D eigenvalue weighted by atomic mass is 10.0. The van der Waals surface area contributed by atoms with Crippen LogP contribution in [-0.4, -0.2) is 45.8 Å². The molecule has 4 heterocycles. The first-order valence-corrected chi connectivity index (χ1v) is 12.4. The summed E-state index contributed by atoms with van der Waals surface area (Å²) < 4.78 is 0. The number of hydrogen-bond donors (Lipinski definition) is 3. The van der Waals surface area contributed by atoms with Crippen molar-refractivity contribution in [2.45, 2.75) is 25.4 Å². The van der Waals surface area contributed by atoms with Gasteiger partial charge in [-0.05, 0) is 35.9 Å². The number of thiophene rings is 1. The summed E-state index contributed by atoms with van der Waals surface area (Å²) in [5, 5.41) is 12.9. The van der Waals surface area contributed by atoms with Crippen molar-refractivity contribution in [3.8, 4) is 0 Å². The van der Waals surface area contributed by atoms with Gasteiger partial charge in [-0.1, -0.05) is 18.2 Å². The molecule has 1 aromatic carbocycles. The van der Waals surface area contributed by atoms with E-state index >= 15 is 0 Å². The van der Waals surface area contributed by atoms with E-state index in [-0.39, 0.29) is 17.9 Å². The number of anilines is 1. The topological polar surface area (TPSA) is 90.1 Å². The van der Waals surface area contributed by atoms with Crippen LogP contribution < -0.4 is 10.6 Å². The summed E-state index contributed by atoms with van der Waals surface area (Å²) in [6.07, 6.45) is 3.90. The Balaban J connectivity index is 1.11. The van der Waals surface area contributed by atoms with Crippen LogP contribution in [0.4, 0.5) is 5.13 Å². The number of nitrogens with one attached hydrogen (secondary N) is 3. The molecule has 0 aliphatic carbocycles. The van der Waals surface area contributed by atoms with E-state index in [0.717, 1.165) is 32.5 Å². The van der Waals surface area contributed by atoms with Crippen molar-refractivity contribution >= 4 is 50.5 Å². The lowest BCUT2D eigenvalue weighted by Crippen LogP contribution is -2.44. The predicted octanol–water partition coefficient (Wildman–Crippen LogP) is 4.33. The van der Waals surface area contributed by atoms with Gasteiger partial charge in [0.05, 0.1) is 5.56 Å². The maximum atomic E-state index is 12.6. The molecule has 1 fully saturated rings. The molecule has 9 heteroatoms. The van der Waals surface area contributed by atoms with Crippen LogP contribution in [0.1, 0.15) is 39.3 Å². The molecule has 1 aliphatic rings. The van der Waals surface area contributed by atoms with Gasteiger partial charge in [-0.2, -0.15) is 11.3 Å². The van der Waals surface area contributed by atoms with Crippen LogP contribution in [0, 0.1) is 0 Å². The van der Waals surface area contributed by atoms with E-state index in [1.807, 2.05) is 11.4 Å². The number of piperidine rings is 1. The molecule has 5 rings (SSSR count). The quantitative estimate of drug-likeness (QED) is 0.395. The van der Waals surface area contributed by atoms with Crippen LogP contribution in [0.2, 0.25) is 0 Å². The molecule has 32 heavy (non-hydrogen) atoms. The molecule has 7 nitrogen and oxygen atoms in total. The van der Waals surface area contributed by atoms with Gasteiger partial charge in [0.25, 0.3) is 11.8 Å². The Kier molecular flexibility index (Phi) is 6.02. The molecule has 0 bridgehead atoms. The maximum absolute atomic E-state index is 12.6. The fraction of sp³-hybridized carbons (Fsp3) is 0.261. The number of hydrogen-bond acceptors (Lipinski definition) is 6. The van der Waals surface area contributed by atoms with E-state index in [1.54, 1.807) is 16.8 Å². The molecule has 0 saturated carbocycles. The van der Waals surface area contributed by atoms with Gasteiger partial charge in [0, 0.05) is 53.5 Å². The first-order chi connectivity index (χ1) is 15.7. The van der Waals surface area contributed by atoms with Crippen LogP contribution in [0.5, 0.6) is 0 Å². The summed E-state index contributed by atoms with van der Waals surface area (Å²) in [6, 6.07) is 10.2. The number of benzene rings is 1. The van der Waals surface area contributed by atoms with Crippen molar-refractivity contribution in [1.29, 1.82) is 0 Å². The zero-order chi connectivity index (χ0) is 21.9. The average Bonchev–Trinajstić information content (AvgIpc) is 3.57. The number of thiazole rings is 1. The van der Waals surface area contributed by atoms with E-state index in [2.05, 4.69) is 49.9 Å². The summed E-state index contributed by atoms with van der Waals surface area (Å²) in [7, 11) is 0.